The number of aromatic nitrogens is 1. The zero-order valence-electron chi connectivity index (χ0n) is 9.90. The molecule has 0 spiro atoms. The maximum atomic E-state index is 13.1. The van der Waals surface area contributed by atoms with Gasteiger partial charge in [-0.25, -0.2) is 0 Å². The third-order valence-electron chi connectivity index (χ3n) is 2.89. The SMILES string of the molecule is CNCc1c(C(F)(F)F)n(C)c2cc(Br)ccc12. The Labute approximate surface area is 111 Å². The number of benzene rings is 1. The number of hydrogen-bond donors (Lipinski definition) is 1. The van der Waals surface area contributed by atoms with Crippen LogP contribution in [0.1, 0.15) is 11.3 Å². The maximum absolute atomic E-state index is 13.1. The highest BCUT2D eigenvalue weighted by Crippen LogP contribution is 2.38. The van der Waals surface area contributed by atoms with Crippen LogP contribution in [0.4, 0.5) is 13.2 Å². The zero-order valence-corrected chi connectivity index (χ0v) is 11.5. The first kappa shape index (κ1) is 13.4. The topological polar surface area (TPSA) is 17.0 Å². The first-order valence-electron chi connectivity index (χ1n) is 5.35. The molecule has 6 heteroatoms. The molecule has 0 aliphatic heterocycles. The molecule has 2 aromatic rings. The summed E-state index contributed by atoms with van der Waals surface area (Å²) in [5, 5.41) is 3.42. The molecule has 0 aliphatic carbocycles. The van der Waals surface area contributed by atoms with Crippen molar-refractivity contribution in [3.63, 3.8) is 0 Å². The van der Waals surface area contributed by atoms with E-state index in [2.05, 4.69) is 21.2 Å². The number of alkyl halides is 3. The molecular weight excluding hydrogens is 309 g/mol. The number of rotatable bonds is 2. The molecule has 0 aliphatic rings. The summed E-state index contributed by atoms with van der Waals surface area (Å²) in [6.45, 7) is 0.188. The number of nitrogens with one attached hydrogen (secondary N) is 1. The van der Waals surface area contributed by atoms with Crippen molar-refractivity contribution in [2.75, 3.05) is 7.05 Å². The summed E-state index contributed by atoms with van der Waals surface area (Å²) >= 11 is 3.28. The number of fused-ring (bicyclic) bond motifs is 1. The molecule has 2 nitrogen and oxygen atoms in total. The fraction of sp³-hybridized carbons (Fsp3) is 0.333. The predicted octanol–water partition coefficient (Wildman–Crippen LogP) is 3.68. The van der Waals surface area contributed by atoms with Crippen molar-refractivity contribution in [1.29, 1.82) is 0 Å². The molecular formula is C12H12BrF3N2. The lowest BCUT2D eigenvalue weighted by Crippen LogP contribution is -2.16. The van der Waals surface area contributed by atoms with Crippen LogP contribution >= 0.6 is 15.9 Å². The van der Waals surface area contributed by atoms with Gasteiger partial charge >= 0.3 is 6.18 Å². The first-order valence-corrected chi connectivity index (χ1v) is 6.14. The van der Waals surface area contributed by atoms with Crippen molar-refractivity contribution in [2.24, 2.45) is 7.05 Å². The first-order chi connectivity index (χ1) is 8.36. The van der Waals surface area contributed by atoms with Gasteiger partial charge in [0.15, 0.2) is 0 Å². The Hall–Kier alpha value is -1.01. The van der Waals surface area contributed by atoms with Gasteiger partial charge in [-0.05, 0) is 19.2 Å². The van der Waals surface area contributed by atoms with Gasteiger partial charge in [0.2, 0.25) is 0 Å². The monoisotopic (exact) mass is 320 g/mol. The summed E-state index contributed by atoms with van der Waals surface area (Å²) in [4.78, 5) is 0. The fourth-order valence-electron chi connectivity index (χ4n) is 2.20. The van der Waals surface area contributed by atoms with Gasteiger partial charge in [-0.15, -0.1) is 0 Å². The Morgan fingerprint density at radius 1 is 1.33 bits per heavy atom. The Morgan fingerprint density at radius 2 is 2.00 bits per heavy atom. The summed E-state index contributed by atoms with van der Waals surface area (Å²) in [7, 11) is 3.08. The van der Waals surface area contributed by atoms with Crippen LogP contribution in [0.3, 0.4) is 0 Å². The fourth-order valence-corrected chi connectivity index (χ4v) is 2.55. The smallest absolute Gasteiger partial charge is 0.340 e. The molecule has 1 heterocycles. The van der Waals surface area contributed by atoms with Crippen molar-refractivity contribution in [1.82, 2.24) is 9.88 Å². The standard InChI is InChI=1S/C12H12BrF3N2/c1-17-6-9-8-4-3-7(13)5-10(8)18(2)11(9)12(14,15)16/h3-5,17H,6H2,1-2H3. The van der Waals surface area contributed by atoms with E-state index in [1.54, 1.807) is 25.2 Å². The van der Waals surface area contributed by atoms with Gasteiger partial charge in [0.25, 0.3) is 0 Å². The van der Waals surface area contributed by atoms with Crippen molar-refractivity contribution in [3.8, 4) is 0 Å². The van der Waals surface area contributed by atoms with E-state index in [1.807, 2.05) is 0 Å². The summed E-state index contributed by atoms with van der Waals surface area (Å²) < 4.78 is 41.3. The lowest BCUT2D eigenvalue weighted by molar-refractivity contribution is -0.143. The molecule has 0 fully saturated rings. The molecule has 1 N–H and O–H groups in total. The minimum absolute atomic E-state index is 0.188. The third-order valence-corrected chi connectivity index (χ3v) is 3.38. The van der Waals surface area contributed by atoms with Gasteiger partial charge in [0, 0.05) is 34.5 Å². The molecule has 98 valence electrons. The number of nitrogens with zero attached hydrogens (tertiary/aromatic N) is 1. The lowest BCUT2D eigenvalue weighted by Gasteiger charge is -2.11. The molecule has 0 amide bonds. The minimum atomic E-state index is -4.35. The highest BCUT2D eigenvalue weighted by Gasteiger charge is 2.37. The Morgan fingerprint density at radius 3 is 2.56 bits per heavy atom. The molecule has 0 bridgehead atoms. The molecule has 1 aromatic heterocycles. The van der Waals surface area contributed by atoms with Crippen molar-refractivity contribution >= 4 is 26.8 Å². The Kier molecular flexibility index (Phi) is 3.42. The van der Waals surface area contributed by atoms with Crippen LogP contribution in [-0.4, -0.2) is 11.6 Å². The second-order valence-corrected chi connectivity index (χ2v) is 4.99. The van der Waals surface area contributed by atoms with Gasteiger partial charge in [-0.2, -0.15) is 13.2 Å². The summed E-state index contributed by atoms with van der Waals surface area (Å²) in [6, 6.07) is 5.16. The van der Waals surface area contributed by atoms with Crippen LogP contribution in [0.5, 0.6) is 0 Å². The van der Waals surface area contributed by atoms with Crippen molar-refractivity contribution in [2.45, 2.75) is 12.7 Å². The average molecular weight is 321 g/mol. The van der Waals surface area contributed by atoms with Crippen LogP contribution in [0.25, 0.3) is 10.9 Å². The van der Waals surface area contributed by atoms with Gasteiger partial charge in [-0.1, -0.05) is 22.0 Å². The van der Waals surface area contributed by atoms with Crippen molar-refractivity contribution in [3.05, 3.63) is 33.9 Å². The number of hydrogen-bond acceptors (Lipinski definition) is 1. The van der Waals surface area contributed by atoms with Gasteiger partial charge in [-0.3, -0.25) is 0 Å². The quantitative estimate of drug-likeness (QED) is 0.893. The normalized spacial score (nSPS) is 12.3. The highest BCUT2D eigenvalue weighted by atomic mass is 79.9. The van der Waals surface area contributed by atoms with E-state index in [1.165, 1.54) is 11.6 Å². The summed E-state index contributed by atoms with van der Waals surface area (Å²) in [5.41, 5.74) is 0.266. The van der Waals surface area contributed by atoms with Crippen LogP contribution in [0, 0.1) is 0 Å². The van der Waals surface area contributed by atoms with Crippen LogP contribution in [0.15, 0.2) is 22.7 Å². The van der Waals surface area contributed by atoms with E-state index in [4.69, 9.17) is 0 Å². The predicted molar refractivity (Wildman–Crippen MR) is 68.4 cm³/mol. The maximum Gasteiger partial charge on any atom is 0.431 e. The van der Waals surface area contributed by atoms with Gasteiger partial charge in [0.05, 0.1) is 0 Å². The van der Waals surface area contributed by atoms with Crippen LogP contribution in [0.2, 0.25) is 0 Å². The molecule has 0 saturated carbocycles. The molecule has 0 unspecified atom stereocenters. The number of halogens is 4. The average Bonchev–Trinajstić information content (AvgIpc) is 2.52. The third kappa shape index (κ3) is 2.14. The zero-order chi connectivity index (χ0) is 13.5. The highest BCUT2D eigenvalue weighted by molar-refractivity contribution is 9.10. The van der Waals surface area contributed by atoms with Crippen LogP contribution < -0.4 is 5.32 Å². The molecule has 0 atom stereocenters. The largest absolute Gasteiger partial charge is 0.431 e. The molecule has 0 radical (unpaired) electrons. The Balaban J connectivity index is 2.83. The van der Waals surface area contributed by atoms with E-state index >= 15 is 0 Å². The van der Waals surface area contributed by atoms with E-state index in [0.29, 0.717) is 10.9 Å². The van der Waals surface area contributed by atoms with E-state index < -0.39 is 11.9 Å². The molecule has 0 saturated heterocycles. The minimum Gasteiger partial charge on any atom is -0.340 e. The van der Waals surface area contributed by atoms with Gasteiger partial charge in [0.1, 0.15) is 5.69 Å². The lowest BCUT2D eigenvalue weighted by atomic mass is 10.1. The van der Waals surface area contributed by atoms with E-state index in [0.717, 1.165) is 4.47 Å². The van der Waals surface area contributed by atoms with E-state index in [-0.39, 0.29) is 12.1 Å². The van der Waals surface area contributed by atoms with Crippen LogP contribution in [-0.2, 0) is 19.8 Å². The summed E-state index contributed by atoms with van der Waals surface area (Å²) in [5.74, 6) is 0. The second kappa shape index (κ2) is 4.59. The summed E-state index contributed by atoms with van der Waals surface area (Å²) in [6.07, 6.45) is -4.35. The van der Waals surface area contributed by atoms with Gasteiger partial charge < -0.3 is 9.88 Å². The Bertz CT molecular complexity index is 587. The number of aryl methyl sites for hydroxylation is 1. The second-order valence-electron chi connectivity index (χ2n) is 4.08. The molecule has 1 aromatic carbocycles. The molecule has 18 heavy (non-hydrogen) atoms. The van der Waals surface area contributed by atoms with E-state index in [9.17, 15) is 13.2 Å². The van der Waals surface area contributed by atoms with Crippen molar-refractivity contribution < 1.29 is 13.2 Å². The molecule has 2 rings (SSSR count).